The summed E-state index contributed by atoms with van der Waals surface area (Å²) < 4.78 is 0. The van der Waals surface area contributed by atoms with E-state index in [0.717, 1.165) is 24.8 Å². The Morgan fingerprint density at radius 2 is 2.06 bits per heavy atom. The van der Waals surface area contributed by atoms with Crippen LogP contribution in [0, 0.1) is 0 Å². The summed E-state index contributed by atoms with van der Waals surface area (Å²) in [7, 11) is 0. The summed E-state index contributed by atoms with van der Waals surface area (Å²) in [6, 6.07) is 0. The Morgan fingerprint density at radius 3 is 2.50 bits per heavy atom. The fourth-order valence-electron chi connectivity index (χ4n) is 2.01. The molecule has 1 N–H and O–H groups in total. The van der Waals surface area contributed by atoms with Gasteiger partial charge in [-0.05, 0) is 33.1 Å². The van der Waals surface area contributed by atoms with Crippen molar-refractivity contribution in [1.82, 2.24) is 4.90 Å². The molecular weight excluding hydrogens is 206 g/mol. The van der Waals surface area contributed by atoms with Gasteiger partial charge in [0.25, 0.3) is 0 Å². The number of hydrogen-bond donors (Lipinski definition) is 1. The molecule has 0 saturated carbocycles. The number of likely N-dealkylation sites (N-methyl/N-ethyl adjacent to an activating group) is 1. The standard InChI is InChI=1S/C12H19NO3/c1-3-13(8-7-11(14)15)12(16)10-6-4-5-9(10)2/h3-8H2,1-2H3,(H,14,15). The van der Waals surface area contributed by atoms with Crippen LogP contribution >= 0.6 is 0 Å². The largest absolute Gasteiger partial charge is 0.481 e. The van der Waals surface area contributed by atoms with Gasteiger partial charge < -0.3 is 10.0 Å². The van der Waals surface area contributed by atoms with E-state index in [-0.39, 0.29) is 12.3 Å². The van der Waals surface area contributed by atoms with Crippen LogP contribution in [0.3, 0.4) is 0 Å². The molecule has 4 nitrogen and oxygen atoms in total. The Labute approximate surface area is 95.9 Å². The molecule has 90 valence electrons. The summed E-state index contributed by atoms with van der Waals surface area (Å²) in [5.41, 5.74) is 2.06. The Kier molecular flexibility index (Phi) is 4.52. The van der Waals surface area contributed by atoms with Gasteiger partial charge in [-0.3, -0.25) is 9.59 Å². The van der Waals surface area contributed by atoms with Gasteiger partial charge in [0.15, 0.2) is 0 Å². The minimum atomic E-state index is -0.858. The van der Waals surface area contributed by atoms with Gasteiger partial charge in [0, 0.05) is 18.7 Å². The van der Waals surface area contributed by atoms with Crippen molar-refractivity contribution >= 4 is 11.9 Å². The minimum absolute atomic E-state index is 0.0197. The van der Waals surface area contributed by atoms with Gasteiger partial charge in [0.2, 0.25) is 5.91 Å². The zero-order valence-corrected chi connectivity index (χ0v) is 9.95. The van der Waals surface area contributed by atoms with Crippen LogP contribution in [0.5, 0.6) is 0 Å². The van der Waals surface area contributed by atoms with E-state index in [0.29, 0.717) is 13.1 Å². The second-order valence-electron chi connectivity index (χ2n) is 4.14. The molecule has 1 amide bonds. The minimum Gasteiger partial charge on any atom is -0.481 e. The lowest BCUT2D eigenvalue weighted by Crippen LogP contribution is -2.33. The molecule has 0 fully saturated rings. The maximum absolute atomic E-state index is 12.1. The number of aliphatic carboxylic acids is 1. The second-order valence-corrected chi connectivity index (χ2v) is 4.14. The number of nitrogens with zero attached hydrogens (tertiary/aromatic N) is 1. The van der Waals surface area contributed by atoms with E-state index < -0.39 is 5.97 Å². The number of carboxylic acid groups (broad SMARTS) is 1. The molecule has 0 heterocycles. The monoisotopic (exact) mass is 225 g/mol. The van der Waals surface area contributed by atoms with E-state index in [4.69, 9.17) is 5.11 Å². The predicted octanol–water partition coefficient (Wildman–Crippen LogP) is 1.81. The van der Waals surface area contributed by atoms with Crippen molar-refractivity contribution in [2.75, 3.05) is 13.1 Å². The number of amides is 1. The number of rotatable bonds is 5. The first-order chi connectivity index (χ1) is 7.56. The normalized spacial score (nSPS) is 15.4. The fourth-order valence-corrected chi connectivity index (χ4v) is 2.01. The SMILES string of the molecule is CCN(CCC(=O)O)C(=O)C1=C(C)CCC1. The lowest BCUT2D eigenvalue weighted by molar-refractivity contribution is -0.138. The molecule has 0 atom stereocenters. The molecule has 0 saturated heterocycles. The van der Waals surface area contributed by atoms with Crippen molar-refractivity contribution in [3.05, 3.63) is 11.1 Å². The summed E-state index contributed by atoms with van der Waals surface area (Å²) in [5, 5.41) is 8.61. The average Bonchev–Trinajstić information content (AvgIpc) is 2.64. The van der Waals surface area contributed by atoms with Crippen LogP contribution in [0.25, 0.3) is 0 Å². The van der Waals surface area contributed by atoms with Gasteiger partial charge in [-0.2, -0.15) is 0 Å². The summed E-state index contributed by atoms with van der Waals surface area (Å²) in [6.07, 6.45) is 2.90. The molecule has 0 bridgehead atoms. The lowest BCUT2D eigenvalue weighted by atomic mass is 10.1. The molecule has 0 aromatic heterocycles. The highest BCUT2D eigenvalue weighted by Gasteiger charge is 2.22. The second kappa shape index (κ2) is 5.68. The molecule has 0 aromatic rings. The number of carbonyl (C=O) groups is 2. The number of allylic oxidation sites excluding steroid dienone is 1. The Balaban J connectivity index is 2.62. The molecule has 4 heteroatoms. The van der Waals surface area contributed by atoms with E-state index in [9.17, 15) is 9.59 Å². The van der Waals surface area contributed by atoms with Crippen LogP contribution in [-0.2, 0) is 9.59 Å². The highest BCUT2D eigenvalue weighted by molar-refractivity contribution is 5.94. The van der Waals surface area contributed by atoms with Crippen LogP contribution in [0.1, 0.15) is 39.5 Å². The zero-order chi connectivity index (χ0) is 12.1. The first-order valence-corrected chi connectivity index (χ1v) is 5.76. The Hall–Kier alpha value is -1.32. The summed E-state index contributed by atoms with van der Waals surface area (Å²) in [6.45, 7) is 4.75. The predicted molar refractivity (Wildman–Crippen MR) is 61.1 cm³/mol. The van der Waals surface area contributed by atoms with Crippen LogP contribution in [-0.4, -0.2) is 35.0 Å². The third kappa shape index (κ3) is 3.08. The smallest absolute Gasteiger partial charge is 0.305 e. The van der Waals surface area contributed by atoms with Crippen LogP contribution < -0.4 is 0 Å². The molecule has 1 aliphatic carbocycles. The molecule has 0 spiro atoms. The Morgan fingerprint density at radius 1 is 1.38 bits per heavy atom. The molecule has 0 unspecified atom stereocenters. The van der Waals surface area contributed by atoms with Crippen molar-refractivity contribution in [1.29, 1.82) is 0 Å². The van der Waals surface area contributed by atoms with E-state index in [2.05, 4.69) is 0 Å². The highest BCUT2D eigenvalue weighted by Crippen LogP contribution is 2.26. The van der Waals surface area contributed by atoms with Gasteiger partial charge in [-0.15, -0.1) is 0 Å². The van der Waals surface area contributed by atoms with Crippen LogP contribution in [0.15, 0.2) is 11.1 Å². The first kappa shape index (κ1) is 12.7. The quantitative estimate of drug-likeness (QED) is 0.776. The molecule has 0 radical (unpaired) electrons. The third-order valence-electron chi connectivity index (χ3n) is 3.02. The van der Waals surface area contributed by atoms with Crippen LogP contribution in [0.4, 0.5) is 0 Å². The number of carbonyl (C=O) groups excluding carboxylic acids is 1. The van der Waals surface area contributed by atoms with Gasteiger partial charge in [0.1, 0.15) is 0 Å². The summed E-state index contributed by atoms with van der Waals surface area (Å²) in [5.74, 6) is -0.831. The molecule has 1 rings (SSSR count). The van der Waals surface area contributed by atoms with Crippen molar-refractivity contribution < 1.29 is 14.7 Å². The van der Waals surface area contributed by atoms with Gasteiger partial charge in [0.05, 0.1) is 6.42 Å². The van der Waals surface area contributed by atoms with E-state index in [1.165, 1.54) is 5.57 Å². The Bertz CT molecular complexity index is 320. The average molecular weight is 225 g/mol. The van der Waals surface area contributed by atoms with E-state index >= 15 is 0 Å². The fraction of sp³-hybridized carbons (Fsp3) is 0.667. The van der Waals surface area contributed by atoms with Crippen molar-refractivity contribution in [2.45, 2.75) is 39.5 Å². The molecular formula is C12H19NO3. The van der Waals surface area contributed by atoms with Crippen molar-refractivity contribution in [2.24, 2.45) is 0 Å². The summed E-state index contributed by atoms with van der Waals surface area (Å²) >= 11 is 0. The first-order valence-electron chi connectivity index (χ1n) is 5.76. The third-order valence-corrected chi connectivity index (χ3v) is 3.02. The molecule has 0 aromatic carbocycles. The van der Waals surface area contributed by atoms with Gasteiger partial charge in [-0.25, -0.2) is 0 Å². The molecule has 16 heavy (non-hydrogen) atoms. The molecule has 0 aliphatic heterocycles. The number of hydrogen-bond acceptors (Lipinski definition) is 2. The highest BCUT2D eigenvalue weighted by atomic mass is 16.4. The van der Waals surface area contributed by atoms with Crippen LogP contribution in [0.2, 0.25) is 0 Å². The van der Waals surface area contributed by atoms with Crippen molar-refractivity contribution in [3.8, 4) is 0 Å². The van der Waals surface area contributed by atoms with E-state index in [1.807, 2.05) is 13.8 Å². The number of carboxylic acids is 1. The maximum Gasteiger partial charge on any atom is 0.305 e. The maximum atomic E-state index is 12.1. The summed E-state index contributed by atoms with van der Waals surface area (Å²) in [4.78, 5) is 24.2. The molecule has 1 aliphatic rings. The lowest BCUT2D eigenvalue weighted by Gasteiger charge is -2.21. The zero-order valence-electron chi connectivity index (χ0n) is 9.95. The topological polar surface area (TPSA) is 57.6 Å². The van der Waals surface area contributed by atoms with E-state index in [1.54, 1.807) is 4.90 Å². The van der Waals surface area contributed by atoms with Gasteiger partial charge >= 0.3 is 5.97 Å². The van der Waals surface area contributed by atoms with Gasteiger partial charge in [-0.1, -0.05) is 5.57 Å². The van der Waals surface area contributed by atoms with Crippen molar-refractivity contribution in [3.63, 3.8) is 0 Å².